The number of esters is 1. The number of likely N-dealkylation sites (tertiary alicyclic amines) is 1. The molecule has 1 N–H and O–H groups in total. The zero-order valence-corrected chi connectivity index (χ0v) is 13.0. The van der Waals surface area contributed by atoms with Gasteiger partial charge in [-0.15, -0.1) is 0 Å². The van der Waals surface area contributed by atoms with Gasteiger partial charge < -0.3 is 15.0 Å². The number of amides is 2. The minimum atomic E-state index is -0.699. The van der Waals surface area contributed by atoms with E-state index in [9.17, 15) is 18.8 Å². The molecule has 23 heavy (non-hydrogen) atoms. The van der Waals surface area contributed by atoms with Gasteiger partial charge in [-0.05, 0) is 12.5 Å². The first-order chi connectivity index (χ1) is 11.0. The summed E-state index contributed by atoms with van der Waals surface area (Å²) >= 11 is 0. The molecule has 2 amide bonds. The van der Waals surface area contributed by atoms with E-state index >= 15 is 0 Å². The van der Waals surface area contributed by atoms with E-state index in [4.69, 9.17) is 0 Å². The predicted molar refractivity (Wildman–Crippen MR) is 79.7 cm³/mol. The molecule has 7 heteroatoms. The van der Waals surface area contributed by atoms with Crippen LogP contribution in [0.15, 0.2) is 24.3 Å². The molecule has 0 aromatic heterocycles. The SMILES string of the molecule is COC(=O)CNC(=O)[C@H]1CCC(=O)N(C)[C@@H]1c1ccccc1F. The second-order valence-corrected chi connectivity index (χ2v) is 5.41. The topological polar surface area (TPSA) is 75.7 Å². The molecule has 1 aliphatic heterocycles. The third-order valence-corrected chi connectivity index (χ3v) is 4.06. The number of halogens is 1. The number of hydrogen-bond acceptors (Lipinski definition) is 4. The zero-order chi connectivity index (χ0) is 17.0. The molecule has 2 atom stereocenters. The van der Waals surface area contributed by atoms with Crippen molar-refractivity contribution in [3.63, 3.8) is 0 Å². The van der Waals surface area contributed by atoms with Crippen LogP contribution < -0.4 is 5.32 Å². The molecule has 124 valence electrons. The average Bonchev–Trinajstić information content (AvgIpc) is 2.55. The van der Waals surface area contributed by atoms with Crippen LogP contribution in [0.2, 0.25) is 0 Å². The maximum atomic E-state index is 14.1. The van der Waals surface area contributed by atoms with Crippen LogP contribution in [0.4, 0.5) is 4.39 Å². The van der Waals surface area contributed by atoms with Crippen LogP contribution in [0.25, 0.3) is 0 Å². The molecule has 0 radical (unpaired) electrons. The first kappa shape index (κ1) is 16.9. The lowest BCUT2D eigenvalue weighted by atomic mass is 9.83. The van der Waals surface area contributed by atoms with E-state index in [0.29, 0.717) is 12.0 Å². The van der Waals surface area contributed by atoms with Crippen molar-refractivity contribution in [3.8, 4) is 0 Å². The summed E-state index contributed by atoms with van der Waals surface area (Å²) < 4.78 is 18.6. The fourth-order valence-corrected chi connectivity index (χ4v) is 2.82. The van der Waals surface area contributed by atoms with Gasteiger partial charge in [0.15, 0.2) is 0 Å². The Balaban J connectivity index is 2.25. The van der Waals surface area contributed by atoms with Crippen molar-refractivity contribution >= 4 is 17.8 Å². The van der Waals surface area contributed by atoms with Gasteiger partial charge in [-0.2, -0.15) is 0 Å². The molecule has 0 unspecified atom stereocenters. The zero-order valence-electron chi connectivity index (χ0n) is 13.0. The lowest BCUT2D eigenvalue weighted by molar-refractivity contribution is -0.145. The van der Waals surface area contributed by atoms with Crippen LogP contribution in [0, 0.1) is 11.7 Å². The van der Waals surface area contributed by atoms with Gasteiger partial charge in [0.25, 0.3) is 0 Å². The number of methoxy groups -OCH3 is 1. The average molecular weight is 322 g/mol. The number of ether oxygens (including phenoxy) is 1. The van der Waals surface area contributed by atoms with E-state index in [1.165, 1.54) is 18.1 Å². The van der Waals surface area contributed by atoms with Crippen molar-refractivity contribution in [1.29, 1.82) is 0 Å². The first-order valence-electron chi connectivity index (χ1n) is 7.30. The molecule has 0 aliphatic carbocycles. The molecule has 0 spiro atoms. The monoisotopic (exact) mass is 322 g/mol. The first-order valence-corrected chi connectivity index (χ1v) is 7.30. The molecule has 1 aromatic rings. The number of piperidine rings is 1. The van der Waals surface area contributed by atoms with Gasteiger partial charge in [-0.25, -0.2) is 4.39 Å². The Morgan fingerprint density at radius 3 is 2.74 bits per heavy atom. The highest BCUT2D eigenvalue weighted by atomic mass is 19.1. The van der Waals surface area contributed by atoms with Crippen LogP contribution >= 0.6 is 0 Å². The summed E-state index contributed by atoms with van der Waals surface area (Å²) in [7, 11) is 2.78. The van der Waals surface area contributed by atoms with Crippen LogP contribution in [0.3, 0.4) is 0 Å². The summed E-state index contributed by atoms with van der Waals surface area (Å²) in [5.41, 5.74) is 0.293. The molecular formula is C16H19FN2O4. The fraction of sp³-hybridized carbons (Fsp3) is 0.438. The van der Waals surface area contributed by atoms with Crippen molar-refractivity contribution < 1.29 is 23.5 Å². The Bertz CT molecular complexity index is 620. The standard InChI is InChI=1S/C16H19FN2O4/c1-19-13(20)8-7-11(16(22)18-9-14(21)23-2)15(19)10-5-3-4-6-12(10)17/h3-6,11,15H,7-9H2,1-2H3,(H,18,22)/t11-,15+/m0/s1. The number of nitrogens with one attached hydrogen (secondary N) is 1. The summed E-state index contributed by atoms with van der Waals surface area (Å²) in [6.07, 6.45) is 0.507. The summed E-state index contributed by atoms with van der Waals surface area (Å²) in [5, 5.41) is 2.48. The Kier molecular flexibility index (Phi) is 5.31. The van der Waals surface area contributed by atoms with E-state index in [2.05, 4.69) is 10.1 Å². The normalized spacial score (nSPS) is 21.0. The third-order valence-electron chi connectivity index (χ3n) is 4.06. The smallest absolute Gasteiger partial charge is 0.325 e. The van der Waals surface area contributed by atoms with Gasteiger partial charge in [0.1, 0.15) is 12.4 Å². The summed E-state index contributed by atoms with van der Waals surface area (Å²) in [5.74, 6) is -2.21. The quantitative estimate of drug-likeness (QED) is 0.840. The number of carbonyl (C=O) groups excluding carboxylic acids is 3. The van der Waals surface area contributed by atoms with E-state index in [1.807, 2.05) is 0 Å². The highest BCUT2D eigenvalue weighted by Crippen LogP contribution is 2.36. The van der Waals surface area contributed by atoms with Crippen molar-refractivity contribution in [1.82, 2.24) is 10.2 Å². The minimum absolute atomic E-state index is 0.143. The number of nitrogens with zero attached hydrogens (tertiary/aromatic N) is 1. The Hall–Kier alpha value is -2.44. The van der Waals surface area contributed by atoms with Gasteiger partial charge in [0.05, 0.1) is 19.1 Å². The molecule has 1 aromatic carbocycles. The van der Waals surface area contributed by atoms with E-state index in [-0.39, 0.29) is 18.9 Å². The van der Waals surface area contributed by atoms with Gasteiger partial charge in [-0.3, -0.25) is 14.4 Å². The molecule has 0 saturated carbocycles. The fourth-order valence-electron chi connectivity index (χ4n) is 2.82. The Morgan fingerprint density at radius 1 is 1.39 bits per heavy atom. The summed E-state index contributed by atoms with van der Waals surface area (Å²) in [4.78, 5) is 36.9. The molecule has 1 fully saturated rings. The van der Waals surface area contributed by atoms with Crippen LogP contribution in [0.1, 0.15) is 24.4 Å². The van der Waals surface area contributed by atoms with Crippen molar-refractivity contribution in [2.75, 3.05) is 20.7 Å². The van der Waals surface area contributed by atoms with Crippen molar-refractivity contribution in [3.05, 3.63) is 35.6 Å². The van der Waals surface area contributed by atoms with E-state index in [1.54, 1.807) is 25.2 Å². The number of hydrogen-bond donors (Lipinski definition) is 1. The summed E-state index contributed by atoms with van der Waals surface area (Å²) in [6, 6.07) is 5.38. The van der Waals surface area contributed by atoms with Gasteiger partial charge in [0, 0.05) is 19.0 Å². The highest BCUT2D eigenvalue weighted by Gasteiger charge is 2.40. The largest absolute Gasteiger partial charge is 0.468 e. The number of benzene rings is 1. The van der Waals surface area contributed by atoms with Crippen LogP contribution in [-0.2, 0) is 19.1 Å². The minimum Gasteiger partial charge on any atom is -0.468 e. The van der Waals surface area contributed by atoms with Gasteiger partial charge in [-0.1, -0.05) is 18.2 Å². The highest BCUT2D eigenvalue weighted by molar-refractivity contribution is 5.87. The van der Waals surface area contributed by atoms with Gasteiger partial charge >= 0.3 is 5.97 Å². The third kappa shape index (κ3) is 3.67. The lowest BCUT2D eigenvalue weighted by Crippen LogP contribution is -2.47. The van der Waals surface area contributed by atoms with Crippen molar-refractivity contribution in [2.45, 2.75) is 18.9 Å². The van der Waals surface area contributed by atoms with E-state index < -0.39 is 29.7 Å². The van der Waals surface area contributed by atoms with Gasteiger partial charge in [0.2, 0.25) is 11.8 Å². The number of rotatable bonds is 4. The molecule has 1 aliphatic rings. The van der Waals surface area contributed by atoms with Crippen LogP contribution in [0.5, 0.6) is 0 Å². The second kappa shape index (κ2) is 7.21. The van der Waals surface area contributed by atoms with E-state index in [0.717, 1.165) is 0 Å². The molecular weight excluding hydrogens is 303 g/mol. The number of carbonyl (C=O) groups is 3. The predicted octanol–water partition coefficient (Wildman–Crippen LogP) is 1.02. The second-order valence-electron chi connectivity index (χ2n) is 5.41. The summed E-state index contributed by atoms with van der Waals surface area (Å²) in [6.45, 7) is -0.256. The van der Waals surface area contributed by atoms with Crippen molar-refractivity contribution in [2.24, 2.45) is 5.92 Å². The molecule has 2 rings (SSSR count). The molecule has 0 bridgehead atoms. The Morgan fingerprint density at radius 2 is 2.09 bits per heavy atom. The Labute approximate surface area is 133 Å². The maximum absolute atomic E-state index is 14.1. The maximum Gasteiger partial charge on any atom is 0.325 e. The molecule has 1 heterocycles. The van der Waals surface area contributed by atoms with Crippen LogP contribution in [-0.4, -0.2) is 43.4 Å². The molecule has 6 nitrogen and oxygen atoms in total. The molecule has 1 saturated heterocycles. The lowest BCUT2D eigenvalue weighted by Gasteiger charge is -2.38.